The van der Waals surface area contributed by atoms with Crippen molar-refractivity contribution in [3.63, 3.8) is 0 Å². The van der Waals surface area contributed by atoms with Gasteiger partial charge in [-0.1, -0.05) is 13.0 Å². The number of nitrogens with one attached hydrogen (secondary N) is 1. The molecule has 0 saturated heterocycles. The minimum atomic E-state index is -1.20. The fraction of sp³-hybridized carbons (Fsp3) is 0.407. The third-order valence-corrected chi connectivity index (χ3v) is 6.85. The van der Waals surface area contributed by atoms with E-state index in [-0.39, 0.29) is 38.6 Å². The van der Waals surface area contributed by atoms with Gasteiger partial charge in [0.25, 0.3) is 0 Å². The molecule has 1 heterocycles. The van der Waals surface area contributed by atoms with Crippen LogP contribution in [0.15, 0.2) is 58.9 Å². The summed E-state index contributed by atoms with van der Waals surface area (Å²) in [5.41, 5.74) is 1.66. The minimum absolute atomic E-state index is 0.0557. The van der Waals surface area contributed by atoms with E-state index in [1.165, 1.54) is 36.7 Å². The van der Waals surface area contributed by atoms with Crippen LogP contribution in [0.5, 0.6) is 11.5 Å². The van der Waals surface area contributed by atoms with Crippen LogP contribution in [0.4, 0.5) is 0 Å². The highest BCUT2D eigenvalue weighted by Gasteiger charge is 2.40. The Balaban J connectivity index is 2.02. The van der Waals surface area contributed by atoms with Gasteiger partial charge >= 0.3 is 0 Å². The molecule has 0 bridgehead atoms. The molecular weight excluding hydrogens is 607 g/mol. The fourth-order valence-electron chi connectivity index (χ4n) is 4.15. The molecule has 1 aromatic carbocycles. The van der Waals surface area contributed by atoms with Gasteiger partial charge in [-0.25, -0.2) is 0 Å². The largest absolute Gasteiger partial charge is 0.493 e. The SMILES string of the molecule is CCC=CC(=O)N(Cc1ccoc1)[C@@H]1CC(C(=O)NCCO)=C[C@H](Oc2c(I)cc(CO)cc2OC)[C@H]1O. The van der Waals surface area contributed by atoms with Gasteiger partial charge in [0, 0.05) is 30.6 Å². The van der Waals surface area contributed by atoms with E-state index in [1.54, 1.807) is 24.3 Å². The number of allylic oxidation sites excluding steroid dienone is 1. The van der Waals surface area contributed by atoms with Crippen molar-refractivity contribution in [1.29, 1.82) is 0 Å². The van der Waals surface area contributed by atoms with Gasteiger partial charge in [-0.2, -0.15) is 0 Å². The average molecular weight is 640 g/mol. The van der Waals surface area contributed by atoms with E-state index >= 15 is 0 Å². The first kappa shape index (κ1) is 29.7. The topological polar surface area (TPSA) is 142 Å². The zero-order chi connectivity index (χ0) is 27.7. The Morgan fingerprint density at radius 3 is 2.71 bits per heavy atom. The second kappa shape index (κ2) is 14.3. The summed E-state index contributed by atoms with van der Waals surface area (Å²) in [6, 6.07) is 4.28. The molecule has 1 aliphatic carbocycles. The van der Waals surface area contributed by atoms with Gasteiger partial charge in [-0.05, 0) is 64.9 Å². The number of nitrogens with zero attached hydrogens (tertiary/aromatic N) is 1. The predicted octanol–water partition coefficient (Wildman–Crippen LogP) is 2.30. The highest BCUT2D eigenvalue weighted by Crippen LogP contribution is 2.37. The first-order valence-corrected chi connectivity index (χ1v) is 13.3. The number of furan rings is 1. The van der Waals surface area contributed by atoms with E-state index in [2.05, 4.69) is 5.32 Å². The van der Waals surface area contributed by atoms with Crippen LogP contribution in [0.3, 0.4) is 0 Å². The molecule has 4 N–H and O–H groups in total. The molecule has 206 valence electrons. The van der Waals surface area contributed by atoms with Crippen LogP contribution in [0, 0.1) is 3.57 Å². The van der Waals surface area contributed by atoms with Crippen LogP contribution in [0.1, 0.15) is 30.9 Å². The number of hydrogen-bond donors (Lipinski definition) is 4. The summed E-state index contributed by atoms with van der Waals surface area (Å²) < 4.78 is 17.5. The molecule has 0 unspecified atom stereocenters. The van der Waals surface area contributed by atoms with Gasteiger partial charge in [0.1, 0.15) is 12.2 Å². The van der Waals surface area contributed by atoms with Crippen molar-refractivity contribution in [2.24, 2.45) is 0 Å². The first-order chi connectivity index (χ1) is 18.3. The number of ether oxygens (including phenoxy) is 2. The molecule has 1 aliphatic rings. The Hall–Kier alpha value is -2.87. The van der Waals surface area contributed by atoms with Crippen LogP contribution >= 0.6 is 22.6 Å². The normalized spacial score (nSPS) is 19.2. The highest BCUT2D eigenvalue weighted by molar-refractivity contribution is 14.1. The number of benzene rings is 1. The quantitative estimate of drug-likeness (QED) is 0.205. The maximum atomic E-state index is 13.3. The molecule has 0 radical (unpaired) electrons. The molecule has 3 rings (SSSR count). The maximum Gasteiger partial charge on any atom is 0.247 e. The molecule has 1 aromatic heterocycles. The third kappa shape index (κ3) is 7.37. The van der Waals surface area contributed by atoms with Crippen molar-refractivity contribution < 1.29 is 38.8 Å². The fourth-order valence-corrected chi connectivity index (χ4v) is 4.94. The molecule has 0 aliphatic heterocycles. The highest BCUT2D eigenvalue weighted by atomic mass is 127. The monoisotopic (exact) mass is 640 g/mol. The summed E-state index contributed by atoms with van der Waals surface area (Å²) in [7, 11) is 1.47. The zero-order valence-corrected chi connectivity index (χ0v) is 23.5. The van der Waals surface area contributed by atoms with E-state index < -0.39 is 24.2 Å². The number of carbonyl (C=O) groups is 2. The van der Waals surface area contributed by atoms with Crippen molar-refractivity contribution in [3.05, 3.63) is 69.2 Å². The molecule has 38 heavy (non-hydrogen) atoms. The lowest BCUT2D eigenvalue weighted by Crippen LogP contribution is -2.54. The molecule has 10 nitrogen and oxygen atoms in total. The van der Waals surface area contributed by atoms with E-state index in [0.29, 0.717) is 32.6 Å². The summed E-state index contributed by atoms with van der Waals surface area (Å²) >= 11 is 2.05. The van der Waals surface area contributed by atoms with Crippen LogP contribution in [-0.4, -0.2) is 70.5 Å². The number of aliphatic hydroxyl groups is 3. The Bertz CT molecular complexity index is 1150. The van der Waals surface area contributed by atoms with E-state index in [1.807, 2.05) is 29.5 Å². The molecular formula is C27H33IN2O8. The second-order valence-electron chi connectivity index (χ2n) is 8.69. The number of hydrogen-bond acceptors (Lipinski definition) is 8. The number of carbonyl (C=O) groups excluding carboxylic acids is 2. The van der Waals surface area contributed by atoms with E-state index in [4.69, 9.17) is 13.9 Å². The summed E-state index contributed by atoms with van der Waals surface area (Å²) in [6.45, 7) is 1.69. The average Bonchev–Trinajstić information content (AvgIpc) is 3.44. The van der Waals surface area contributed by atoms with Crippen molar-refractivity contribution in [1.82, 2.24) is 10.2 Å². The van der Waals surface area contributed by atoms with Gasteiger partial charge < -0.3 is 39.4 Å². The second-order valence-corrected chi connectivity index (χ2v) is 9.85. The van der Waals surface area contributed by atoms with Gasteiger partial charge in [-0.3, -0.25) is 9.59 Å². The summed E-state index contributed by atoms with van der Waals surface area (Å²) in [5, 5.41) is 32.9. The van der Waals surface area contributed by atoms with E-state index in [9.17, 15) is 24.9 Å². The molecule has 11 heteroatoms. The van der Waals surface area contributed by atoms with Crippen molar-refractivity contribution in [2.45, 2.75) is 51.2 Å². The number of aliphatic hydroxyl groups excluding tert-OH is 3. The zero-order valence-electron chi connectivity index (χ0n) is 21.3. The Kier molecular flexibility index (Phi) is 11.2. The van der Waals surface area contributed by atoms with Gasteiger partial charge in [0.2, 0.25) is 11.8 Å². The Labute approximate surface area is 235 Å². The van der Waals surface area contributed by atoms with Gasteiger partial charge in [0.15, 0.2) is 11.5 Å². The lowest BCUT2D eigenvalue weighted by molar-refractivity contribution is -0.134. The molecule has 2 aromatic rings. The molecule has 0 fully saturated rings. The number of halogens is 1. The molecule has 0 spiro atoms. The van der Waals surface area contributed by atoms with Crippen LogP contribution < -0.4 is 14.8 Å². The van der Waals surface area contributed by atoms with Crippen molar-refractivity contribution >= 4 is 34.4 Å². The van der Waals surface area contributed by atoms with E-state index in [0.717, 1.165) is 5.56 Å². The van der Waals surface area contributed by atoms with Gasteiger partial charge in [0.05, 0.1) is 42.5 Å². The minimum Gasteiger partial charge on any atom is -0.493 e. The van der Waals surface area contributed by atoms with Crippen molar-refractivity contribution in [2.75, 3.05) is 20.3 Å². The number of rotatable bonds is 12. The third-order valence-electron chi connectivity index (χ3n) is 6.05. The number of amides is 2. The smallest absolute Gasteiger partial charge is 0.247 e. The summed E-state index contributed by atoms with van der Waals surface area (Å²) in [6.07, 6.45) is 6.25. The summed E-state index contributed by atoms with van der Waals surface area (Å²) in [4.78, 5) is 27.7. The Morgan fingerprint density at radius 1 is 1.29 bits per heavy atom. The molecule has 0 saturated carbocycles. The lowest BCUT2D eigenvalue weighted by Gasteiger charge is -2.40. The first-order valence-electron chi connectivity index (χ1n) is 12.2. The molecule has 2 amide bonds. The van der Waals surface area contributed by atoms with Crippen LogP contribution in [0.2, 0.25) is 0 Å². The predicted molar refractivity (Wildman–Crippen MR) is 147 cm³/mol. The molecule has 3 atom stereocenters. The van der Waals surface area contributed by atoms with Crippen molar-refractivity contribution in [3.8, 4) is 11.5 Å². The maximum absolute atomic E-state index is 13.3. The summed E-state index contributed by atoms with van der Waals surface area (Å²) in [5.74, 6) is -0.0684. The Morgan fingerprint density at radius 2 is 2.08 bits per heavy atom. The van der Waals surface area contributed by atoms with Crippen LogP contribution in [-0.2, 0) is 22.7 Å². The van der Waals surface area contributed by atoms with Crippen LogP contribution in [0.25, 0.3) is 0 Å². The van der Waals surface area contributed by atoms with Gasteiger partial charge in [-0.15, -0.1) is 0 Å². The lowest BCUT2D eigenvalue weighted by atomic mass is 9.88. The standard InChI is InChI=1S/C27H33IN2O8/c1-3-4-5-24(33)30(14-17-6-9-37-16-17)21-12-19(27(35)29-7-8-31)13-22(25(21)34)38-26-20(28)10-18(15-32)11-23(26)36-2/h4-6,9-11,13,16,21-22,25,31-32,34H,3,7-8,12,14-15H2,1-2H3,(H,29,35)/t21-,22+,25+/m1/s1. The number of methoxy groups -OCH3 is 1.